The maximum absolute atomic E-state index is 10.3. The first-order valence-electron chi connectivity index (χ1n) is 2.31. The van der Waals surface area contributed by atoms with Gasteiger partial charge in [0.15, 0.2) is 5.71 Å². The lowest BCUT2D eigenvalue weighted by atomic mass is 10.3. The Morgan fingerprint density at radius 1 is 1.75 bits per heavy atom. The zero-order valence-corrected chi connectivity index (χ0v) is 5.10. The molecule has 0 radical (unpaired) electrons. The number of nitrogens with two attached hydrogens (primary N) is 1. The molecule has 3 heteroatoms. The Hall–Kier alpha value is -0.860. The van der Waals surface area contributed by atoms with E-state index in [0.29, 0.717) is 5.71 Å². The Morgan fingerprint density at radius 2 is 2.25 bits per heavy atom. The Balaban J connectivity index is 3.40. The molecule has 0 amide bonds. The van der Waals surface area contributed by atoms with Gasteiger partial charge in [-0.3, -0.25) is 10.2 Å². The van der Waals surface area contributed by atoms with Crippen molar-refractivity contribution in [2.24, 2.45) is 0 Å². The molecule has 0 aromatic rings. The average molecular weight is 116 g/mol. The van der Waals surface area contributed by atoms with Crippen LogP contribution in [-0.4, -0.2) is 18.8 Å². The van der Waals surface area contributed by atoms with Gasteiger partial charge in [-0.15, -0.1) is 0 Å². The molecule has 0 fully saturated rings. The van der Waals surface area contributed by atoms with E-state index in [1.165, 1.54) is 7.11 Å². The van der Waals surface area contributed by atoms with Crippen molar-refractivity contribution in [1.29, 1.82) is 0 Å². The number of methoxy groups -OCH3 is 1. The zero-order chi connectivity index (χ0) is 6.57. The third-order valence-electron chi connectivity index (χ3n) is 0.651. The van der Waals surface area contributed by atoms with Gasteiger partial charge >= 0.3 is 5.97 Å². The van der Waals surface area contributed by atoms with Crippen molar-refractivity contribution in [2.75, 3.05) is 7.11 Å². The number of hydrogen-bond donors (Lipinski definition) is 1. The van der Waals surface area contributed by atoms with Crippen LogP contribution in [0.2, 0.25) is 0 Å². The van der Waals surface area contributed by atoms with E-state index in [-0.39, 0.29) is 12.4 Å². The van der Waals surface area contributed by atoms with E-state index in [1.807, 2.05) is 0 Å². The van der Waals surface area contributed by atoms with Crippen molar-refractivity contribution in [3.8, 4) is 0 Å². The van der Waals surface area contributed by atoms with Gasteiger partial charge in [-0.1, -0.05) is 0 Å². The predicted molar refractivity (Wildman–Crippen MR) is 29.2 cm³/mol. The smallest absolute Gasteiger partial charge is 0.315 e. The third-order valence-corrected chi connectivity index (χ3v) is 0.651. The minimum absolute atomic E-state index is 0.219. The molecule has 3 nitrogen and oxygen atoms in total. The summed E-state index contributed by atoms with van der Waals surface area (Å²) in [6.45, 7) is 1.68. The number of carbonyl (C=O) groups excluding carboxylic acids is 1. The van der Waals surface area contributed by atoms with Crippen molar-refractivity contribution in [3.05, 3.63) is 0 Å². The molecule has 0 aromatic carbocycles. The van der Waals surface area contributed by atoms with Crippen molar-refractivity contribution >= 4 is 11.7 Å². The van der Waals surface area contributed by atoms with E-state index in [4.69, 9.17) is 5.41 Å². The van der Waals surface area contributed by atoms with Crippen LogP contribution >= 0.6 is 0 Å². The van der Waals surface area contributed by atoms with E-state index in [1.54, 1.807) is 6.92 Å². The summed E-state index contributed by atoms with van der Waals surface area (Å²) in [6.07, 6.45) is 0.219. The van der Waals surface area contributed by atoms with E-state index in [0.717, 1.165) is 0 Å². The SMILES string of the molecule is COC(=O)CC(C)=[NH2+]. The zero-order valence-electron chi connectivity index (χ0n) is 5.10. The molecule has 0 spiro atoms. The lowest BCUT2D eigenvalue weighted by Crippen LogP contribution is -2.38. The highest BCUT2D eigenvalue weighted by Crippen LogP contribution is 1.81. The molecule has 0 aliphatic carbocycles. The quantitative estimate of drug-likeness (QED) is 0.363. The van der Waals surface area contributed by atoms with Gasteiger partial charge in [0, 0.05) is 6.92 Å². The van der Waals surface area contributed by atoms with Crippen LogP contribution in [0.4, 0.5) is 0 Å². The molecule has 0 saturated heterocycles. The topological polar surface area (TPSA) is 51.9 Å². The first-order chi connectivity index (χ1) is 3.66. The molecule has 0 aromatic heterocycles. The fourth-order valence-corrected chi connectivity index (χ4v) is 0.300. The van der Waals surface area contributed by atoms with E-state index < -0.39 is 0 Å². The summed E-state index contributed by atoms with van der Waals surface area (Å²) in [6, 6.07) is 0. The van der Waals surface area contributed by atoms with Crippen LogP contribution in [0.3, 0.4) is 0 Å². The average Bonchev–Trinajstić information content (AvgIpc) is 1.65. The molecular weight excluding hydrogens is 106 g/mol. The van der Waals surface area contributed by atoms with Crippen molar-refractivity contribution < 1.29 is 14.9 Å². The van der Waals surface area contributed by atoms with Gasteiger partial charge in [0.1, 0.15) is 6.42 Å². The summed E-state index contributed by atoms with van der Waals surface area (Å²) >= 11 is 0. The fourth-order valence-electron chi connectivity index (χ4n) is 0.300. The molecule has 0 unspecified atom stereocenters. The molecule has 0 atom stereocenters. The summed E-state index contributed by atoms with van der Waals surface area (Å²) in [4.78, 5) is 10.3. The summed E-state index contributed by atoms with van der Waals surface area (Å²) in [5.41, 5.74) is 0.580. The Kier molecular flexibility index (Phi) is 2.84. The molecule has 0 saturated carbocycles. The van der Waals surface area contributed by atoms with E-state index in [2.05, 4.69) is 4.74 Å². The monoisotopic (exact) mass is 116 g/mol. The normalized spacial score (nSPS) is 8.25. The van der Waals surface area contributed by atoms with Gasteiger partial charge in [-0.2, -0.15) is 0 Å². The molecular formula is C5H10NO2+. The number of esters is 1. The van der Waals surface area contributed by atoms with Crippen LogP contribution in [0.5, 0.6) is 0 Å². The summed E-state index contributed by atoms with van der Waals surface area (Å²) < 4.78 is 4.32. The van der Waals surface area contributed by atoms with Crippen LogP contribution in [0.25, 0.3) is 0 Å². The minimum Gasteiger partial charge on any atom is -0.469 e. The van der Waals surface area contributed by atoms with E-state index in [9.17, 15) is 4.79 Å². The summed E-state index contributed by atoms with van der Waals surface area (Å²) in [7, 11) is 1.34. The maximum Gasteiger partial charge on any atom is 0.315 e. The summed E-state index contributed by atoms with van der Waals surface area (Å²) in [5.74, 6) is -0.287. The van der Waals surface area contributed by atoms with Crippen LogP contribution in [0.1, 0.15) is 13.3 Å². The first-order valence-corrected chi connectivity index (χ1v) is 2.31. The van der Waals surface area contributed by atoms with Gasteiger partial charge in [0.2, 0.25) is 0 Å². The highest BCUT2D eigenvalue weighted by atomic mass is 16.5. The van der Waals surface area contributed by atoms with Crippen molar-refractivity contribution in [3.63, 3.8) is 0 Å². The van der Waals surface area contributed by atoms with Gasteiger partial charge in [0.25, 0.3) is 0 Å². The Labute approximate surface area is 48.2 Å². The predicted octanol–water partition coefficient (Wildman–Crippen LogP) is -1.23. The Morgan fingerprint density at radius 3 is 2.38 bits per heavy atom. The molecule has 0 heterocycles. The second kappa shape index (κ2) is 3.18. The number of hydrogen-bond acceptors (Lipinski definition) is 2. The molecule has 0 aliphatic heterocycles. The molecule has 0 aliphatic rings. The van der Waals surface area contributed by atoms with Gasteiger partial charge in [0.05, 0.1) is 7.11 Å². The molecule has 46 valence electrons. The summed E-state index contributed by atoms with van der Waals surface area (Å²) in [5, 5.41) is 5.18. The molecule has 0 bridgehead atoms. The second-order valence-electron chi connectivity index (χ2n) is 1.60. The number of rotatable bonds is 2. The number of ether oxygens (including phenoxy) is 1. The largest absolute Gasteiger partial charge is 0.469 e. The Bertz CT molecular complexity index is 109. The molecule has 0 rings (SSSR count). The highest BCUT2D eigenvalue weighted by Gasteiger charge is 2.02. The second-order valence-corrected chi connectivity index (χ2v) is 1.60. The van der Waals surface area contributed by atoms with Gasteiger partial charge < -0.3 is 4.74 Å². The van der Waals surface area contributed by atoms with Crippen molar-refractivity contribution in [2.45, 2.75) is 13.3 Å². The van der Waals surface area contributed by atoms with Crippen LogP contribution in [-0.2, 0) is 9.53 Å². The standard InChI is InChI=1S/C5H9NO2/c1-4(6)3-5(7)8-2/h6H,3H2,1-2H3/p+1. The van der Waals surface area contributed by atoms with Crippen molar-refractivity contribution in [1.82, 2.24) is 0 Å². The highest BCUT2D eigenvalue weighted by molar-refractivity contribution is 5.93. The van der Waals surface area contributed by atoms with E-state index >= 15 is 0 Å². The molecule has 2 N–H and O–H groups in total. The lowest BCUT2D eigenvalue weighted by molar-refractivity contribution is -0.142. The first kappa shape index (κ1) is 7.14. The minimum atomic E-state index is -0.287. The number of carbonyl (C=O) groups is 1. The van der Waals surface area contributed by atoms with Crippen LogP contribution in [0.15, 0.2) is 0 Å². The van der Waals surface area contributed by atoms with Gasteiger partial charge in [-0.25, -0.2) is 0 Å². The van der Waals surface area contributed by atoms with Crippen LogP contribution in [0, 0.1) is 0 Å². The fraction of sp³-hybridized carbons (Fsp3) is 0.600. The third kappa shape index (κ3) is 3.33. The van der Waals surface area contributed by atoms with Gasteiger partial charge in [-0.05, 0) is 0 Å². The van der Waals surface area contributed by atoms with Crippen LogP contribution < -0.4 is 5.41 Å². The maximum atomic E-state index is 10.3. The lowest BCUT2D eigenvalue weighted by Gasteiger charge is -1.90. The molecule has 8 heavy (non-hydrogen) atoms.